The van der Waals surface area contributed by atoms with E-state index in [-0.39, 0.29) is 17.3 Å². The van der Waals surface area contributed by atoms with E-state index in [0.717, 1.165) is 6.42 Å². The molecule has 1 aliphatic carbocycles. The van der Waals surface area contributed by atoms with E-state index in [2.05, 4.69) is 4.90 Å². The van der Waals surface area contributed by atoms with E-state index in [9.17, 15) is 8.42 Å². The van der Waals surface area contributed by atoms with Crippen molar-refractivity contribution in [2.45, 2.75) is 61.9 Å². The summed E-state index contributed by atoms with van der Waals surface area (Å²) in [6.45, 7) is 0.497. The highest BCUT2D eigenvalue weighted by atomic mass is 32.2. The zero-order chi connectivity index (χ0) is 12.0. The summed E-state index contributed by atoms with van der Waals surface area (Å²) in [6, 6.07) is 0.964. The first-order chi connectivity index (χ1) is 8.13. The van der Waals surface area contributed by atoms with Crippen molar-refractivity contribution >= 4 is 9.84 Å². The Bertz CT molecular complexity index is 389. The number of rotatable bonds is 2. The Balaban J connectivity index is 1.82. The number of fused-ring (bicyclic) bond motifs is 2. The molecule has 0 aromatic carbocycles. The zero-order valence-corrected chi connectivity index (χ0v) is 11.0. The first-order valence-electron chi connectivity index (χ1n) is 6.82. The molecule has 3 fully saturated rings. The van der Waals surface area contributed by atoms with E-state index >= 15 is 0 Å². The minimum Gasteiger partial charge on any atom is -0.329 e. The molecule has 2 aliphatic heterocycles. The smallest absolute Gasteiger partial charge is 0.156 e. The largest absolute Gasteiger partial charge is 0.329 e. The third-order valence-corrected chi connectivity index (χ3v) is 7.14. The van der Waals surface area contributed by atoms with Crippen LogP contribution in [0.4, 0.5) is 0 Å². The maximum absolute atomic E-state index is 11.9. The van der Waals surface area contributed by atoms with E-state index in [1.54, 1.807) is 0 Å². The van der Waals surface area contributed by atoms with Gasteiger partial charge in [0.2, 0.25) is 0 Å². The molecule has 3 aliphatic rings. The molecule has 3 rings (SSSR count). The van der Waals surface area contributed by atoms with Crippen LogP contribution in [0.3, 0.4) is 0 Å². The summed E-state index contributed by atoms with van der Waals surface area (Å²) < 4.78 is 23.9. The molecule has 4 nitrogen and oxygen atoms in total. The normalized spacial score (nSPS) is 42.1. The van der Waals surface area contributed by atoms with Crippen molar-refractivity contribution in [3.8, 4) is 0 Å². The molecule has 2 saturated heterocycles. The zero-order valence-electron chi connectivity index (χ0n) is 10.2. The lowest BCUT2D eigenvalue weighted by Gasteiger charge is -2.41. The van der Waals surface area contributed by atoms with E-state index in [0.29, 0.717) is 18.3 Å². The summed E-state index contributed by atoms with van der Waals surface area (Å²) in [5.41, 5.74) is 5.83. The van der Waals surface area contributed by atoms with Gasteiger partial charge in [-0.3, -0.25) is 4.90 Å². The molecule has 3 unspecified atom stereocenters. The number of hydrogen-bond acceptors (Lipinski definition) is 4. The molecule has 0 aromatic heterocycles. The van der Waals surface area contributed by atoms with Gasteiger partial charge >= 0.3 is 0 Å². The van der Waals surface area contributed by atoms with Gasteiger partial charge in [-0.2, -0.15) is 0 Å². The van der Waals surface area contributed by atoms with Gasteiger partial charge in [0, 0.05) is 24.7 Å². The van der Waals surface area contributed by atoms with Gasteiger partial charge in [0.1, 0.15) is 0 Å². The van der Waals surface area contributed by atoms with Crippen molar-refractivity contribution in [3.05, 3.63) is 0 Å². The second kappa shape index (κ2) is 4.21. The third-order valence-electron chi connectivity index (χ3n) is 4.86. The van der Waals surface area contributed by atoms with Crippen LogP contribution in [0.15, 0.2) is 0 Å². The van der Waals surface area contributed by atoms with E-state index in [4.69, 9.17) is 5.73 Å². The van der Waals surface area contributed by atoms with E-state index in [1.807, 2.05) is 0 Å². The number of nitrogens with zero attached hydrogens (tertiary/aromatic N) is 1. The number of likely N-dealkylation sites (tertiary alicyclic amines) is 1. The molecular formula is C12H22N2O2S. The van der Waals surface area contributed by atoms with Gasteiger partial charge in [0.25, 0.3) is 0 Å². The minimum atomic E-state index is -2.84. The summed E-state index contributed by atoms with van der Waals surface area (Å²) in [5.74, 6) is 0.380. The van der Waals surface area contributed by atoms with Gasteiger partial charge < -0.3 is 5.73 Å². The SMILES string of the molecule is NCC1C2CC(CS2(=O)=O)N1C1CCCCC1. The van der Waals surface area contributed by atoms with Crippen LogP contribution in [0.5, 0.6) is 0 Å². The quantitative estimate of drug-likeness (QED) is 0.784. The van der Waals surface area contributed by atoms with Crippen molar-refractivity contribution in [1.82, 2.24) is 4.90 Å². The molecule has 98 valence electrons. The molecule has 2 N–H and O–H groups in total. The minimum absolute atomic E-state index is 0.0989. The molecule has 17 heavy (non-hydrogen) atoms. The first-order valence-corrected chi connectivity index (χ1v) is 8.54. The predicted molar refractivity (Wildman–Crippen MR) is 67.5 cm³/mol. The Kier molecular flexibility index (Phi) is 2.96. The molecule has 3 atom stereocenters. The second-order valence-electron chi connectivity index (χ2n) is 5.80. The van der Waals surface area contributed by atoms with Crippen molar-refractivity contribution in [2.24, 2.45) is 5.73 Å². The van der Waals surface area contributed by atoms with Crippen LogP contribution in [-0.2, 0) is 9.84 Å². The van der Waals surface area contributed by atoms with E-state index in [1.165, 1.54) is 32.1 Å². The Morgan fingerprint density at radius 2 is 1.82 bits per heavy atom. The summed E-state index contributed by atoms with van der Waals surface area (Å²) in [7, 11) is -2.84. The van der Waals surface area contributed by atoms with Crippen molar-refractivity contribution in [3.63, 3.8) is 0 Å². The van der Waals surface area contributed by atoms with Gasteiger partial charge in [-0.1, -0.05) is 19.3 Å². The Morgan fingerprint density at radius 3 is 2.47 bits per heavy atom. The molecule has 0 spiro atoms. The molecule has 0 radical (unpaired) electrons. The highest BCUT2D eigenvalue weighted by Crippen LogP contribution is 2.41. The van der Waals surface area contributed by atoms with Crippen molar-refractivity contribution < 1.29 is 8.42 Å². The van der Waals surface area contributed by atoms with Gasteiger partial charge in [-0.25, -0.2) is 8.42 Å². The summed E-state index contributed by atoms with van der Waals surface area (Å²) in [5, 5.41) is -0.167. The standard InChI is InChI=1S/C12H22N2O2S/c13-7-11-12-6-10(8-17(12,15)16)14(11)9-4-2-1-3-5-9/h9-12H,1-8,13H2. The van der Waals surface area contributed by atoms with Crippen LogP contribution in [0.25, 0.3) is 0 Å². The maximum Gasteiger partial charge on any atom is 0.156 e. The lowest BCUT2D eigenvalue weighted by molar-refractivity contribution is 0.106. The number of sulfone groups is 1. The molecule has 1 saturated carbocycles. The highest BCUT2D eigenvalue weighted by molar-refractivity contribution is 7.92. The predicted octanol–water partition coefficient (Wildman–Crippen LogP) is 0.518. The molecule has 5 heteroatoms. The number of nitrogens with two attached hydrogens (primary N) is 1. The molecule has 0 aromatic rings. The van der Waals surface area contributed by atoms with Crippen LogP contribution in [0.2, 0.25) is 0 Å². The van der Waals surface area contributed by atoms with Crippen LogP contribution in [0.1, 0.15) is 38.5 Å². The van der Waals surface area contributed by atoms with Crippen LogP contribution < -0.4 is 5.73 Å². The fourth-order valence-electron chi connectivity index (χ4n) is 4.16. The van der Waals surface area contributed by atoms with Gasteiger partial charge in [0.05, 0.1) is 11.0 Å². The Hall–Kier alpha value is -0.130. The monoisotopic (exact) mass is 258 g/mol. The molecular weight excluding hydrogens is 236 g/mol. The van der Waals surface area contributed by atoms with Crippen LogP contribution >= 0.6 is 0 Å². The van der Waals surface area contributed by atoms with Gasteiger partial charge in [-0.15, -0.1) is 0 Å². The summed E-state index contributed by atoms with van der Waals surface area (Å²) in [6.07, 6.45) is 7.23. The van der Waals surface area contributed by atoms with Gasteiger partial charge in [0.15, 0.2) is 9.84 Å². The van der Waals surface area contributed by atoms with Crippen LogP contribution in [-0.4, -0.2) is 49.0 Å². The third kappa shape index (κ3) is 1.83. The van der Waals surface area contributed by atoms with Crippen molar-refractivity contribution in [2.75, 3.05) is 12.3 Å². The average molecular weight is 258 g/mol. The van der Waals surface area contributed by atoms with Gasteiger partial charge in [-0.05, 0) is 19.3 Å². The molecule has 0 amide bonds. The average Bonchev–Trinajstić information content (AvgIpc) is 2.82. The lowest BCUT2D eigenvalue weighted by Crippen LogP contribution is -2.56. The highest BCUT2D eigenvalue weighted by Gasteiger charge is 2.55. The van der Waals surface area contributed by atoms with E-state index < -0.39 is 9.84 Å². The fraction of sp³-hybridized carbons (Fsp3) is 1.00. The summed E-state index contributed by atoms with van der Waals surface area (Å²) in [4.78, 5) is 2.48. The summed E-state index contributed by atoms with van der Waals surface area (Å²) >= 11 is 0. The maximum atomic E-state index is 11.9. The Morgan fingerprint density at radius 1 is 1.12 bits per heavy atom. The lowest BCUT2D eigenvalue weighted by atomic mass is 9.93. The van der Waals surface area contributed by atoms with Crippen LogP contribution in [0, 0.1) is 0 Å². The molecule has 2 heterocycles. The van der Waals surface area contributed by atoms with Crippen molar-refractivity contribution in [1.29, 1.82) is 0 Å². The topological polar surface area (TPSA) is 63.4 Å². The first kappa shape index (κ1) is 11.9. The number of hydrogen-bond donors (Lipinski definition) is 1. The molecule has 2 bridgehead atoms. The Labute approximate surface area is 103 Å². The second-order valence-corrected chi connectivity index (χ2v) is 8.06. The fourth-order valence-corrected chi connectivity index (χ4v) is 6.50.